The predicted molar refractivity (Wildman–Crippen MR) is 74.9 cm³/mol. The molecule has 0 bridgehead atoms. The van der Waals surface area contributed by atoms with Crippen LogP contribution < -0.4 is 20.1 Å². The van der Waals surface area contributed by atoms with Gasteiger partial charge in [0, 0.05) is 29.7 Å². The molecule has 1 aromatic carbocycles. The van der Waals surface area contributed by atoms with Gasteiger partial charge in [0.15, 0.2) is 18.1 Å². The Morgan fingerprint density at radius 1 is 1.42 bits per heavy atom. The summed E-state index contributed by atoms with van der Waals surface area (Å²) in [7, 11) is 3.36. The van der Waals surface area contributed by atoms with E-state index < -0.39 is 0 Å². The Morgan fingerprint density at radius 2 is 2.16 bits per heavy atom. The van der Waals surface area contributed by atoms with Crippen molar-refractivity contribution in [3.63, 3.8) is 0 Å². The third-order valence-electron chi connectivity index (χ3n) is 2.41. The number of hydrogen-bond acceptors (Lipinski definition) is 4. The molecule has 0 saturated heterocycles. The van der Waals surface area contributed by atoms with E-state index in [1.165, 1.54) is 7.11 Å². The van der Waals surface area contributed by atoms with E-state index in [9.17, 15) is 4.79 Å². The second-order valence-corrected chi connectivity index (χ2v) is 4.31. The smallest absolute Gasteiger partial charge is 0.257 e. The Hall–Kier alpha value is -1.46. The zero-order chi connectivity index (χ0) is 14.3. The quantitative estimate of drug-likeness (QED) is 0.799. The van der Waals surface area contributed by atoms with Gasteiger partial charge in [-0.2, -0.15) is 0 Å². The number of carbonyl (C=O) groups is 1. The van der Waals surface area contributed by atoms with Crippen molar-refractivity contribution < 1.29 is 14.3 Å². The summed E-state index contributed by atoms with van der Waals surface area (Å²) in [6.45, 7) is 2.95. The highest BCUT2D eigenvalue weighted by atomic mass is 35.5. The highest BCUT2D eigenvalue weighted by Crippen LogP contribution is 2.34. The number of nitrogens with one attached hydrogen (secondary N) is 2. The lowest BCUT2D eigenvalue weighted by molar-refractivity contribution is -0.123. The normalized spacial score (nSPS) is 10.1. The van der Waals surface area contributed by atoms with Gasteiger partial charge in [0.25, 0.3) is 5.91 Å². The van der Waals surface area contributed by atoms with Gasteiger partial charge in [-0.05, 0) is 20.0 Å². The van der Waals surface area contributed by atoms with E-state index in [0.29, 0.717) is 29.6 Å². The van der Waals surface area contributed by atoms with Crippen molar-refractivity contribution >= 4 is 17.5 Å². The maximum Gasteiger partial charge on any atom is 0.257 e. The van der Waals surface area contributed by atoms with E-state index in [1.54, 1.807) is 12.1 Å². The Bertz CT molecular complexity index is 438. The molecule has 0 saturated carbocycles. The van der Waals surface area contributed by atoms with E-state index in [0.717, 1.165) is 5.56 Å². The van der Waals surface area contributed by atoms with Crippen LogP contribution in [0.4, 0.5) is 0 Å². The van der Waals surface area contributed by atoms with Gasteiger partial charge in [0.1, 0.15) is 0 Å². The lowest BCUT2D eigenvalue weighted by Crippen LogP contribution is -2.28. The lowest BCUT2D eigenvalue weighted by atomic mass is 10.2. The van der Waals surface area contributed by atoms with Crippen LogP contribution in [0.3, 0.4) is 0 Å². The molecule has 0 radical (unpaired) electrons. The molecule has 0 aliphatic carbocycles. The first kappa shape index (κ1) is 15.6. The molecule has 0 atom stereocenters. The van der Waals surface area contributed by atoms with Crippen LogP contribution in [0.2, 0.25) is 5.02 Å². The van der Waals surface area contributed by atoms with Crippen molar-refractivity contribution in [1.29, 1.82) is 0 Å². The summed E-state index contributed by atoms with van der Waals surface area (Å²) >= 11 is 6.01. The molecule has 1 rings (SSSR count). The summed E-state index contributed by atoms with van der Waals surface area (Å²) < 4.78 is 10.8. The summed E-state index contributed by atoms with van der Waals surface area (Å²) in [5.74, 6) is 0.879. The van der Waals surface area contributed by atoms with Crippen LogP contribution in [-0.2, 0) is 11.3 Å². The van der Waals surface area contributed by atoms with Crippen molar-refractivity contribution in [2.45, 2.75) is 13.5 Å². The summed E-state index contributed by atoms with van der Waals surface area (Å²) in [5, 5.41) is 6.25. The van der Waals surface area contributed by atoms with E-state index in [4.69, 9.17) is 21.1 Å². The zero-order valence-corrected chi connectivity index (χ0v) is 12.1. The van der Waals surface area contributed by atoms with Crippen molar-refractivity contribution in [3.8, 4) is 11.5 Å². The average molecular weight is 287 g/mol. The fraction of sp³-hybridized carbons (Fsp3) is 0.462. The fourth-order valence-electron chi connectivity index (χ4n) is 1.65. The van der Waals surface area contributed by atoms with Gasteiger partial charge in [-0.25, -0.2) is 0 Å². The number of ether oxygens (including phenoxy) is 2. The predicted octanol–water partition coefficient (Wildman–Crippen LogP) is 1.58. The molecule has 0 aliphatic rings. The van der Waals surface area contributed by atoms with Crippen LogP contribution in [-0.4, -0.2) is 33.2 Å². The summed E-state index contributed by atoms with van der Waals surface area (Å²) in [5.41, 5.74) is 0.844. The van der Waals surface area contributed by atoms with E-state index in [2.05, 4.69) is 10.6 Å². The number of likely N-dealkylation sites (N-methyl/N-ethyl adjacent to an activating group) is 1. The maximum atomic E-state index is 11.4. The number of benzene rings is 1. The molecular weight excluding hydrogens is 268 g/mol. The Labute approximate surface area is 118 Å². The molecule has 0 aliphatic heterocycles. The molecule has 2 N–H and O–H groups in total. The third kappa shape index (κ3) is 4.61. The number of hydrogen-bond donors (Lipinski definition) is 2. The second kappa shape index (κ2) is 7.86. The van der Waals surface area contributed by atoms with E-state index in [-0.39, 0.29) is 12.5 Å². The molecule has 1 amide bonds. The maximum absolute atomic E-state index is 11.4. The first-order chi connectivity index (χ1) is 9.12. The van der Waals surface area contributed by atoms with Gasteiger partial charge in [0.05, 0.1) is 7.11 Å². The van der Waals surface area contributed by atoms with Crippen LogP contribution >= 0.6 is 11.6 Å². The van der Waals surface area contributed by atoms with Gasteiger partial charge < -0.3 is 20.1 Å². The SMILES string of the molecule is CCNC(=O)COc1c(CNC)cc(Cl)cc1OC. The van der Waals surface area contributed by atoms with Crippen LogP contribution in [0.25, 0.3) is 0 Å². The van der Waals surface area contributed by atoms with Crippen LogP contribution in [0.1, 0.15) is 12.5 Å². The van der Waals surface area contributed by atoms with Gasteiger partial charge in [-0.3, -0.25) is 4.79 Å². The lowest BCUT2D eigenvalue weighted by Gasteiger charge is -2.15. The molecule has 5 nitrogen and oxygen atoms in total. The minimum atomic E-state index is -0.171. The molecule has 0 aromatic heterocycles. The standard InChI is InChI=1S/C13H19ClN2O3/c1-4-16-12(17)8-19-13-9(7-15-2)5-10(14)6-11(13)18-3/h5-6,15H,4,7-8H2,1-3H3,(H,16,17). The second-order valence-electron chi connectivity index (χ2n) is 3.87. The highest BCUT2D eigenvalue weighted by Gasteiger charge is 2.13. The topological polar surface area (TPSA) is 59.6 Å². The molecule has 0 heterocycles. The molecule has 1 aromatic rings. The third-order valence-corrected chi connectivity index (χ3v) is 2.62. The minimum Gasteiger partial charge on any atom is -0.493 e. The minimum absolute atomic E-state index is 0.0530. The molecule has 106 valence electrons. The Kier molecular flexibility index (Phi) is 6.45. The largest absolute Gasteiger partial charge is 0.493 e. The van der Waals surface area contributed by atoms with Crippen LogP contribution in [0.15, 0.2) is 12.1 Å². The Morgan fingerprint density at radius 3 is 2.74 bits per heavy atom. The van der Waals surface area contributed by atoms with Crippen LogP contribution in [0, 0.1) is 0 Å². The number of carbonyl (C=O) groups excluding carboxylic acids is 1. The molecular formula is C13H19ClN2O3. The number of halogens is 1. The Balaban J connectivity index is 2.92. The van der Waals surface area contributed by atoms with Gasteiger partial charge in [-0.15, -0.1) is 0 Å². The first-order valence-electron chi connectivity index (χ1n) is 6.02. The van der Waals surface area contributed by atoms with Crippen molar-refractivity contribution in [2.75, 3.05) is 27.3 Å². The van der Waals surface area contributed by atoms with Gasteiger partial charge in [-0.1, -0.05) is 11.6 Å². The fourth-order valence-corrected chi connectivity index (χ4v) is 1.88. The number of methoxy groups -OCH3 is 1. The number of rotatable bonds is 7. The van der Waals surface area contributed by atoms with E-state index in [1.807, 2.05) is 14.0 Å². The summed E-state index contributed by atoms with van der Waals surface area (Å²) in [6, 6.07) is 3.45. The monoisotopic (exact) mass is 286 g/mol. The molecule has 0 spiro atoms. The first-order valence-corrected chi connectivity index (χ1v) is 6.40. The van der Waals surface area contributed by atoms with Crippen LogP contribution in [0.5, 0.6) is 11.5 Å². The van der Waals surface area contributed by atoms with Gasteiger partial charge >= 0.3 is 0 Å². The summed E-state index contributed by atoms with van der Waals surface area (Å²) in [4.78, 5) is 11.4. The molecule has 19 heavy (non-hydrogen) atoms. The van der Waals surface area contributed by atoms with Crippen molar-refractivity contribution in [1.82, 2.24) is 10.6 Å². The molecule has 6 heteroatoms. The number of amides is 1. The van der Waals surface area contributed by atoms with Gasteiger partial charge in [0.2, 0.25) is 0 Å². The molecule has 0 unspecified atom stereocenters. The summed E-state index contributed by atoms with van der Waals surface area (Å²) in [6.07, 6.45) is 0. The van der Waals surface area contributed by atoms with Crippen molar-refractivity contribution in [2.24, 2.45) is 0 Å². The van der Waals surface area contributed by atoms with E-state index >= 15 is 0 Å². The van der Waals surface area contributed by atoms with Crippen molar-refractivity contribution in [3.05, 3.63) is 22.7 Å². The zero-order valence-electron chi connectivity index (χ0n) is 11.4. The molecule has 0 fully saturated rings. The highest BCUT2D eigenvalue weighted by molar-refractivity contribution is 6.30. The average Bonchev–Trinajstić information content (AvgIpc) is 2.37.